The van der Waals surface area contributed by atoms with Gasteiger partial charge in [-0.3, -0.25) is 14.4 Å². The van der Waals surface area contributed by atoms with Crippen LogP contribution >= 0.6 is 0 Å². The summed E-state index contributed by atoms with van der Waals surface area (Å²) in [6.45, 7) is 1.49. The van der Waals surface area contributed by atoms with Crippen LogP contribution in [0.3, 0.4) is 0 Å². The van der Waals surface area contributed by atoms with E-state index in [0.29, 0.717) is 54.7 Å². The first-order valence-electron chi connectivity index (χ1n) is 10.4. The lowest BCUT2D eigenvalue weighted by atomic mass is 10.0. The number of nitrogens with zero attached hydrogens (tertiary/aromatic N) is 3. The smallest absolute Gasteiger partial charge is 0.272 e. The third kappa shape index (κ3) is 3.64. The van der Waals surface area contributed by atoms with E-state index < -0.39 is 11.7 Å². The highest BCUT2D eigenvalue weighted by molar-refractivity contribution is 5.95. The van der Waals surface area contributed by atoms with Crippen molar-refractivity contribution in [1.82, 2.24) is 20.0 Å². The maximum absolute atomic E-state index is 14.6. The summed E-state index contributed by atoms with van der Waals surface area (Å²) < 4.78 is 19.9. The summed E-state index contributed by atoms with van der Waals surface area (Å²) in [4.78, 5) is 40.4. The molecule has 3 aromatic rings. The molecule has 2 amide bonds. The molecule has 2 aliphatic heterocycles. The molecule has 0 radical (unpaired) electrons. The van der Waals surface area contributed by atoms with Crippen LogP contribution < -0.4 is 5.56 Å². The number of hydrogen-bond donors (Lipinski definition) is 1. The second-order valence-electron chi connectivity index (χ2n) is 8.04. The minimum atomic E-state index is -0.601. The van der Waals surface area contributed by atoms with Gasteiger partial charge in [-0.1, -0.05) is 24.3 Å². The predicted octanol–water partition coefficient (Wildman–Crippen LogP) is 1.34. The number of piperazine rings is 1. The molecular weight excluding hydrogens is 415 g/mol. The Morgan fingerprint density at radius 1 is 1.16 bits per heavy atom. The van der Waals surface area contributed by atoms with E-state index in [-0.39, 0.29) is 29.7 Å². The standard InChI is InChI=1S/C23H21FN4O4/c24-19-6-5-14(10-20-16-3-1-2-4-17(16)22(30)26-25-20)9-18(19)23(31)27-7-8-28-15(11-27)12-32-13-21(28)29/h1-6,9,15H,7-8,10-13H2,(H,26,30). The molecule has 8 nitrogen and oxygen atoms in total. The molecule has 2 aliphatic rings. The van der Waals surface area contributed by atoms with Crippen LogP contribution in [-0.2, 0) is 16.0 Å². The first-order valence-corrected chi connectivity index (χ1v) is 10.4. The molecule has 1 atom stereocenters. The zero-order chi connectivity index (χ0) is 22.2. The van der Waals surface area contributed by atoms with Gasteiger partial charge >= 0.3 is 0 Å². The number of ether oxygens (including phenoxy) is 1. The van der Waals surface area contributed by atoms with E-state index in [1.165, 1.54) is 12.1 Å². The fourth-order valence-corrected chi connectivity index (χ4v) is 4.39. The van der Waals surface area contributed by atoms with Gasteiger partial charge in [-0.25, -0.2) is 9.49 Å². The van der Waals surface area contributed by atoms with Crippen molar-refractivity contribution in [2.75, 3.05) is 32.8 Å². The van der Waals surface area contributed by atoms with Crippen molar-refractivity contribution in [1.29, 1.82) is 0 Å². The van der Waals surface area contributed by atoms with Crippen molar-refractivity contribution >= 4 is 22.6 Å². The number of amides is 2. The summed E-state index contributed by atoms with van der Waals surface area (Å²) in [6, 6.07) is 11.4. The highest BCUT2D eigenvalue weighted by Gasteiger charge is 2.36. The summed E-state index contributed by atoms with van der Waals surface area (Å²) >= 11 is 0. The van der Waals surface area contributed by atoms with Gasteiger partial charge in [0.25, 0.3) is 11.5 Å². The van der Waals surface area contributed by atoms with Crippen LogP contribution in [0.15, 0.2) is 47.3 Å². The second-order valence-corrected chi connectivity index (χ2v) is 8.04. The fourth-order valence-electron chi connectivity index (χ4n) is 4.39. The molecular formula is C23H21FN4O4. The molecule has 0 spiro atoms. The topological polar surface area (TPSA) is 95.6 Å². The number of carbonyl (C=O) groups excluding carboxylic acids is 2. The average molecular weight is 436 g/mol. The largest absolute Gasteiger partial charge is 0.369 e. The van der Waals surface area contributed by atoms with Crippen LogP contribution in [0.5, 0.6) is 0 Å². The minimum absolute atomic E-state index is 0.0206. The predicted molar refractivity (Wildman–Crippen MR) is 114 cm³/mol. The molecule has 3 heterocycles. The minimum Gasteiger partial charge on any atom is -0.369 e. The van der Waals surface area contributed by atoms with Crippen LogP contribution in [0.1, 0.15) is 21.6 Å². The van der Waals surface area contributed by atoms with Gasteiger partial charge < -0.3 is 14.5 Å². The molecule has 2 fully saturated rings. The van der Waals surface area contributed by atoms with E-state index in [9.17, 15) is 18.8 Å². The third-order valence-corrected chi connectivity index (χ3v) is 6.03. The van der Waals surface area contributed by atoms with Crippen LogP contribution in [0.4, 0.5) is 4.39 Å². The van der Waals surface area contributed by atoms with Crippen molar-refractivity contribution < 1.29 is 18.7 Å². The van der Waals surface area contributed by atoms with Gasteiger partial charge in [-0.15, -0.1) is 0 Å². The number of fused-ring (bicyclic) bond motifs is 2. The Morgan fingerprint density at radius 2 is 1.97 bits per heavy atom. The summed E-state index contributed by atoms with van der Waals surface area (Å²) in [5.41, 5.74) is 1.04. The monoisotopic (exact) mass is 436 g/mol. The second kappa shape index (κ2) is 8.16. The maximum Gasteiger partial charge on any atom is 0.272 e. The van der Waals surface area contributed by atoms with Gasteiger partial charge in [-0.05, 0) is 23.8 Å². The number of benzene rings is 2. The SMILES string of the molecule is O=C(c1cc(Cc2n[nH]c(=O)c3ccccc23)ccc1F)N1CCN2C(=O)COCC2C1. The van der Waals surface area contributed by atoms with Gasteiger partial charge in [-0.2, -0.15) is 5.10 Å². The molecule has 2 saturated heterocycles. The zero-order valence-electron chi connectivity index (χ0n) is 17.2. The first-order chi connectivity index (χ1) is 15.5. The van der Waals surface area contributed by atoms with Gasteiger partial charge in [0.15, 0.2) is 0 Å². The normalized spacial score (nSPS) is 18.7. The lowest BCUT2D eigenvalue weighted by molar-refractivity contribution is -0.151. The van der Waals surface area contributed by atoms with E-state index in [4.69, 9.17) is 4.74 Å². The molecule has 2 aromatic carbocycles. The third-order valence-electron chi connectivity index (χ3n) is 6.03. The number of aromatic nitrogens is 2. The highest BCUT2D eigenvalue weighted by atomic mass is 19.1. The number of hydrogen-bond acceptors (Lipinski definition) is 5. The van der Waals surface area contributed by atoms with Crippen LogP contribution in [-0.4, -0.2) is 70.7 Å². The number of rotatable bonds is 3. The summed E-state index contributed by atoms with van der Waals surface area (Å²) in [5.74, 6) is -1.10. The molecule has 1 N–H and O–H groups in total. The zero-order valence-corrected chi connectivity index (χ0v) is 17.2. The molecule has 1 aromatic heterocycles. The summed E-state index contributed by atoms with van der Waals surface area (Å²) in [5, 5.41) is 7.90. The van der Waals surface area contributed by atoms with Crippen molar-refractivity contribution in [2.24, 2.45) is 0 Å². The van der Waals surface area contributed by atoms with E-state index in [1.54, 1.807) is 28.0 Å². The van der Waals surface area contributed by atoms with Crippen LogP contribution in [0.25, 0.3) is 10.8 Å². The number of H-pyrrole nitrogens is 1. The van der Waals surface area contributed by atoms with E-state index in [0.717, 1.165) is 0 Å². The van der Waals surface area contributed by atoms with Crippen LogP contribution in [0.2, 0.25) is 0 Å². The fraction of sp³-hybridized carbons (Fsp3) is 0.304. The number of nitrogens with one attached hydrogen (secondary N) is 1. The van der Waals surface area contributed by atoms with Crippen molar-refractivity contribution in [2.45, 2.75) is 12.5 Å². The molecule has 9 heteroatoms. The van der Waals surface area contributed by atoms with Crippen molar-refractivity contribution in [3.05, 3.63) is 75.5 Å². The van der Waals surface area contributed by atoms with Gasteiger partial charge in [0.1, 0.15) is 12.4 Å². The summed E-state index contributed by atoms with van der Waals surface area (Å²) in [6.07, 6.45) is 0.330. The lowest BCUT2D eigenvalue weighted by Gasteiger charge is -2.43. The van der Waals surface area contributed by atoms with Gasteiger partial charge in [0.2, 0.25) is 5.91 Å². The molecule has 0 saturated carbocycles. The summed E-state index contributed by atoms with van der Waals surface area (Å²) in [7, 11) is 0. The van der Waals surface area contributed by atoms with Gasteiger partial charge in [0.05, 0.1) is 29.3 Å². The highest BCUT2D eigenvalue weighted by Crippen LogP contribution is 2.21. The first kappa shape index (κ1) is 20.3. The molecule has 0 bridgehead atoms. The molecule has 32 heavy (non-hydrogen) atoms. The van der Waals surface area contributed by atoms with E-state index >= 15 is 0 Å². The molecule has 164 valence electrons. The molecule has 1 unspecified atom stereocenters. The number of carbonyl (C=O) groups is 2. The van der Waals surface area contributed by atoms with Crippen molar-refractivity contribution in [3.63, 3.8) is 0 Å². The van der Waals surface area contributed by atoms with E-state index in [1.807, 2.05) is 12.1 Å². The Labute approximate surface area is 182 Å². The molecule has 5 rings (SSSR count). The van der Waals surface area contributed by atoms with Gasteiger partial charge in [0, 0.05) is 31.4 Å². The average Bonchev–Trinajstić information content (AvgIpc) is 2.82. The number of halogens is 1. The van der Waals surface area contributed by atoms with Crippen LogP contribution in [0, 0.1) is 5.82 Å². The Hall–Kier alpha value is -3.59. The van der Waals surface area contributed by atoms with Crippen molar-refractivity contribution in [3.8, 4) is 0 Å². The van der Waals surface area contributed by atoms with E-state index in [2.05, 4.69) is 10.2 Å². The Morgan fingerprint density at radius 3 is 2.81 bits per heavy atom. The Kier molecular flexibility index (Phi) is 5.18. The Balaban J connectivity index is 1.40. The Bertz CT molecular complexity index is 1270. The maximum atomic E-state index is 14.6. The quantitative estimate of drug-likeness (QED) is 0.669. The molecule has 0 aliphatic carbocycles. The lowest BCUT2D eigenvalue weighted by Crippen LogP contribution is -2.61. The number of morpholine rings is 1. The number of aromatic amines is 1.